The number of phenols is 1. The molecule has 1 aliphatic carbocycles. The first-order valence-electron chi connectivity index (χ1n) is 24.4. The Labute approximate surface area is 399 Å². The molecule has 2 aromatic heterocycles. The second kappa shape index (κ2) is 19.7. The Morgan fingerprint density at radius 2 is 1.59 bits per heavy atom. The zero-order valence-corrected chi connectivity index (χ0v) is 39.6. The van der Waals surface area contributed by atoms with Gasteiger partial charge in [-0.15, -0.1) is 16.6 Å². The quantitative estimate of drug-likeness (QED) is 0.136. The standard InChI is InChI=1S/C52H65N11O5/c1-6-33-11-13-34(14-12-33)32(2)56-49(67)44-25-40(64)31-63(44)50(68)46(52(3,4)5)57-48(66)36-17-15-35(16-18-36)37-27-54-51(55-28-37)60-21-19-38(20-22-60)61-23-24-62-39(30-61)29-53-47-43(62)26-42(58-59-47)41-9-7-8-10-45(41)65/h1,7-14,26-28,32,35-36,38-40,44,46,64-65H,15-25,29-31H2,2-5H3,(H,53,59)(H,56,67)(H,57,66)/t32-,35-,36-,39-,40+,44-,46+/m0/s1. The number of β-amino-alcohol motifs (C(OH)–C–C–N with tert-alkyl or cyclic N) is 1. The number of para-hydroxylation sites is 1. The molecule has 358 valence electrons. The van der Waals surface area contributed by atoms with Gasteiger partial charge in [-0.2, -0.15) is 0 Å². The van der Waals surface area contributed by atoms with Gasteiger partial charge >= 0.3 is 0 Å². The number of nitrogens with zero attached hydrogens (tertiary/aromatic N) is 8. The number of hydrogen-bond donors (Lipinski definition) is 5. The Morgan fingerprint density at radius 1 is 0.868 bits per heavy atom. The molecule has 5 atom stereocenters. The van der Waals surface area contributed by atoms with Gasteiger partial charge in [0.2, 0.25) is 23.7 Å². The number of anilines is 3. The van der Waals surface area contributed by atoms with Gasteiger partial charge in [-0.3, -0.25) is 19.3 Å². The summed E-state index contributed by atoms with van der Waals surface area (Å²) >= 11 is 0. The molecule has 4 fully saturated rings. The van der Waals surface area contributed by atoms with Crippen LogP contribution in [0.3, 0.4) is 0 Å². The largest absolute Gasteiger partial charge is 0.507 e. The Balaban J connectivity index is 0.741. The smallest absolute Gasteiger partial charge is 0.246 e. The van der Waals surface area contributed by atoms with Crippen molar-refractivity contribution in [2.75, 3.05) is 60.9 Å². The van der Waals surface area contributed by atoms with Gasteiger partial charge < -0.3 is 40.9 Å². The number of amides is 3. The summed E-state index contributed by atoms with van der Waals surface area (Å²) in [6.07, 6.45) is 13.7. The number of hydrogen-bond acceptors (Lipinski definition) is 13. The molecular formula is C52H65N11O5. The van der Waals surface area contributed by atoms with E-state index >= 15 is 0 Å². The van der Waals surface area contributed by atoms with E-state index in [1.165, 1.54) is 4.90 Å². The summed E-state index contributed by atoms with van der Waals surface area (Å²) in [4.78, 5) is 60.3. The van der Waals surface area contributed by atoms with Crippen molar-refractivity contribution in [3.8, 4) is 29.4 Å². The maximum atomic E-state index is 14.3. The van der Waals surface area contributed by atoms with Gasteiger partial charge in [0.25, 0.3) is 0 Å². The average molecular weight is 924 g/mol. The zero-order chi connectivity index (χ0) is 47.7. The van der Waals surface area contributed by atoms with Crippen LogP contribution < -0.4 is 25.8 Å². The van der Waals surface area contributed by atoms with E-state index in [9.17, 15) is 24.6 Å². The normalized spacial score (nSPS) is 24.2. The fourth-order valence-electron chi connectivity index (χ4n) is 10.9. The maximum absolute atomic E-state index is 14.3. The maximum Gasteiger partial charge on any atom is 0.246 e. The number of piperidine rings is 1. The molecule has 0 unspecified atom stereocenters. The Bertz CT molecular complexity index is 2490. The highest BCUT2D eigenvalue weighted by atomic mass is 16.3. The lowest BCUT2D eigenvalue weighted by Gasteiger charge is -2.49. The van der Waals surface area contributed by atoms with E-state index in [0.717, 1.165) is 99.1 Å². The minimum absolute atomic E-state index is 0.0175. The molecule has 9 rings (SSSR count). The highest BCUT2D eigenvalue weighted by Crippen LogP contribution is 2.39. The van der Waals surface area contributed by atoms with Gasteiger partial charge in [0.05, 0.1) is 29.6 Å². The van der Waals surface area contributed by atoms with E-state index in [1.54, 1.807) is 12.1 Å². The van der Waals surface area contributed by atoms with Gasteiger partial charge in [0.1, 0.15) is 17.8 Å². The molecule has 4 aromatic rings. The molecule has 6 heterocycles. The third kappa shape index (κ3) is 9.96. The number of aromatic hydroxyl groups is 1. The number of nitrogens with one attached hydrogen (secondary N) is 3. The average Bonchev–Trinajstić information content (AvgIpc) is 3.76. The summed E-state index contributed by atoms with van der Waals surface area (Å²) in [6, 6.07) is 15.4. The van der Waals surface area contributed by atoms with Crippen LogP contribution in [-0.4, -0.2) is 134 Å². The number of aromatic nitrogens is 4. The molecule has 3 saturated heterocycles. The molecule has 2 aromatic carbocycles. The minimum Gasteiger partial charge on any atom is -0.507 e. The number of benzene rings is 2. The summed E-state index contributed by atoms with van der Waals surface area (Å²) < 4.78 is 0. The first-order chi connectivity index (χ1) is 32.7. The molecular weight excluding hydrogens is 859 g/mol. The molecule has 5 aliphatic rings. The molecule has 16 heteroatoms. The molecule has 5 N–H and O–H groups in total. The van der Waals surface area contributed by atoms with Crippen molar-refractivity contribution in [2.45, 2.75) is 115 Å². The summed E-state index contributed by atoms with van der Waals surface area (Å²) in [5.41, 5.74) is 4.43. The monoisotopic (exact) mass is 924 g/mol. The topological polar surface area (TPSA) is 192 Å². The van der Waals surface area contributed by atoms with Gasteiger partial charge in [0.15, 0.2) is 5.82 Å². The number of aliphatic hydroxyl groups excluding tert-OH is 1. The van der Waals surface area contributed by atoms with Crippen LogP contribution in [0.4, 0.5) is 17.5 Å². The van der Waals surface area contributed by atoms with Crippen molar-refractivity contribution >= 4 is 35.2 Å². The van der Waals surface area contributed by atoms with E-state index in [4.69, 9.17) is 16.4 Å². The Morgan fingerprint density at radius 3 is 2.28 bits per heavy atom. The Kier molecular flexibility index (Phi) is 13.6. The van der Waals surface area contributed by atoms with Crippen LogP contribution in [0, 0.1) is 23.7 Å². The fourth-order valence-corrected chi connectivity index (χ4v) is 10.9. The van der Waals surface area contributed by atoms with Crippen molar-refractivity contribution in [1.82, 2.24) is 40.6 Å². The molecule has 0 radical (unpaired) electrons. The molecule has 16 nitrogen and oxygen atoms in total. The predicted molar refractivity (Wildman–Crippen MR) is 261 cm³/mol. The number of carbonyl (C=O) groups excluding carboxylic acids is 3. The van der Waals surface area contributed by atoms with E-state index < -0.39 is 23.6 Å². The predicted octanol–water partition coefficient (Wildman–Crippen LogP) is 4.85. The third-order valence-corrected chi connectivity index (χ3v) is 15.0. The highest BCUT2D eigenvalue weighted by Gasteiger charge is 2.45. The lowest BCUT2D eigenvalue weighted by molar-refractivity contribution is -0.144. The molecule has 0 spiro atoms. The van der Waals surface area contributed by atoms with Crippen molar-refractivity contribution in [3.63, 3.8) is 0 Å². The molecule has 0 bridgehead atoms. The molecule has 3 amide bonds. The van der Waals surface area contributed by atoms with Crippen LogP contribution in [0.1, 0.15) is 101 Å². The minimum atomic E-state index is -0.881. The van der Waals surface area contributed by atoms with Gasteiger partial charge in [-0.1, -0.05) is 51.0 Å². The first-order valence-corrected chi connectivity index (χ1v) is 24.4. The van der Waals surface area contributed by atoms with Crippen LogP contribution in [0.15, 0.2) is 67.0 Å². The van der Waals surface area contributed by atoms with Crippen LogP contribution in [0.25, 0.3) is 11.3 Å². The number of phenolic OH excluding ortho intramolecular Hbond substituents is 1. The van der Waals surface area contributed by atoms with Crippen molar-refractivity contribution in [2.24, 2.45) is 11.3 Å². The number of terminal acetylenes is 1. The lowest BCUT2D eigenvalue weighted by atomic mass is 9.78. The van der Waals surface area contributed by atoms with Crippen LogP contribution in [0.5, 0.6) is 5.75 Å². The Hall–Kier alpha value is -6.31. The number of rotatable bonds is 10. The van der Waals surface area contributed by atoms with Crippen LogP contribution in [-0.2, 0) is 14.4 Å². The van der Waals surface area contributed by atoms with Crippen molar-refractivity contribution in [1.29, 1.82) is 0 Å². The number of likely N-dealkylation sites (tertiary alicyclic amines) is 1. The summed E-state index contributed by atoms with van der Waals surface area (Å²) in [5.74, 6) is 3.45. The SMILES string of the molecule is C#Cc1ccc([C@H](C)NC(=O)[C@@H]2C[C@@H](O)CN2C(=O)[C@@H](NC(=O)[C@H]2CC[C@H](c3cnc(N4CCC(N5CCN6c7cc(-c8ccccc8O)nnc7NC[C@H]6C5)CC4)nc3)CC2)C(C)(C)C)cc1. The van der Waals surface area contributed by atoms with Crippen LogP contribution >= 0.6 is 0 Å². The second-order valence-electron chi connectivity index (χ2n) is 20.5. The van der Waals surface area contributed by atoms with E-state index in [2.05, 4.69) is 46.8 Å². The first kappa shape index (κ1) is 46.8. The van der Waals surface area contributed by atoms with E-state index in [0.29, 0.717) is 36.2 Å². The van der Waals surface area contributed by atoms with Crippen molar-refractivity contribution in [3.05, 3.63) is 83.7 Å². The number of piperazine rings is 1. The third-order valence-electron chi connectivity index (χ3n) is 15.0. The lowest BCUT2D eigenvalue weighted by Crippen LogP contribution is -2.61. The van der Waals surface area contributed by atoms with Gasteiger partial charge in [-0.05, 0) is 98.2 Å². The van der Waals surface area contributed by atoms with Gasteiger partial charge in [0, 0.05) is 87.7 Å². The molecule has 4 aliphatic heterocycles. The van der Waals surface area contributed by atoms with E-state index in [-0.39, 0.29) is 54.3 Å². The fraction of sp³-hybridized carbons (Fsp3) is 0.519. The van der Waals surface area contributed by atoms with Crippen LogP contribution in [0.2, 0.25) is 0 Å². The molecule has 68 heavy (non-hydrogen) atoms. The summed E-state index contributed by atoms with van der Waals surface area (Å²) in [6.45, 7) is 13.0. The molecule has 1 saturated carbocycles. The number of carbonyl (C=O) groups is 3. The summed E-state index contributed by atoms with van der Waals surface area (Å²) in [7, 11) is 0. The highest BCUT2D eigenvalue weighted by molar-refractivity contribution is 5.93. The van der Waals surface area contributed by atoms with Gasteiger partial charge in [-0.25, -0.2) is 9.97 Å². The van der Waals surface area contributed by atoms with E-state index in [1.807, 2.05) is 82.6 Å². The summed E-state index contributed by atoms with van der Waals surface area (Å²) in [5, 5.41) is 39.6. The number of aliphatic hydroxyl groups is 1. The van der Waals surface area contributed by atoms with Crippen molar-refractivity contribution < 1.29 is 24.6 Å². The second-order valence-corrected chi connectivity index (χ2v) is 20.5. The number of fused-ring (bicyclic) bond motifs is 3. The zero-order valence-electron chi connectivity index (χ0n) is 39.6.